The number of anilines is 2. The molecule has 180 valence electrons. The number of nitro benzene ring substituents is 1. The molecule has 3 aromatic rings. The number of nitro groups is 1. The summed E-state index contributed by atoms with van der Waals surface area (Å²) < 4.78 is 18.6. The van der Waals surface area contributed by atoms with Crippen molar-refractivity contribution in [3.8, 4) is 5.75 Å². The second-order valence-electron chi connectivity index (χ2n) is 8.20. The van der Waals surface area contributed by atoms with Gasteiger partial charge in [0.2, 0.25) is 5.91 Å². The number of carbonyl (C=O) groups is 4. The molecule has 5 rings (SSSR count). The number of benzene rings is 3. The Balaban J connectivity index is 1.34. The molecule has 0 unspecified atom stereocenters. The molecule has 2 aliphatic heterocycles. The minimum Gasteiger partial charge on any atom is -0.426 e. The average Bonchev–Trinajstić information content (AvgIpc) is 3.37. The van der Waals surface area contributed by atoms with Crippen molar-refractivity contribution < 1.29 is 33.2 Å². The molecule has 2 aliphatic rings. The van der Waals surface area contributed by atoms with Crippen LogP contribution in [0.15, 0.2) is 66.7 Å². The Morgan fingerprint density at radius 1 is 0.972 bits per heavy atom. The van der Waals surface area contributed by atoms with Crippen molar-refractivity contribution in [3.63, 3.8) is 0 Å². The normalized spacial score (nSPS) is 16.9. The van der Waals surface area contributed by atoms with Gasteiger partial charge in [-0.3, -0.25) is 29.3 Å². The van der Waals surface area contributed by atoms with Gasteiger partial charge in [-0.1, -0.05) is 12.1 Å². The number of halogens is 1. The Hall–Kier alpha value is -4.93. The van der Waals surface area contributed by atoms with Crippen LogP contribution in [0.1, 0.15) is 27.1 Å². The highest BCUT2D eigenvalue weighted by Crippen LogP contribution is 2.35. The van der Waals surface area contributed by atoms with Gasteiger partial charge in [-0.2, -0.15) is 0 Å². The molecule has 0 N–H and O–H groups in total. The Kier molecular flexibility index (Phi) is 5.51. The van der Waals surface area contributed by atoms with E-state index in [0.717, 1.165) is 11.0 Å². The van der Waals surface area contributed by atoms with E-state index in [1.54, 1.807) is 0 Å². The predicted molar refractivity (Wildman–Crippen MR) is 123 cm³/mol. The van der Waals surface area contributed by atoms with Gasteiger partial charge in [0.05, 0.1) is 22.1 Å². The van der Waals surface area contributed by atoms with Gasteiger partial charge in [0.1, 0.15) is 17.1 Å². The first-order valence-electron chi connectivity index (χ1n) is 10.8. The third-order valence-electron chi connectivity index (χ3n) is 5.98. The molecule has 0 aromatic heterocycles. The van der Waals surface area contributed by atoms with Gasteiger partial charge in [-0.15, -0.1) is 0 Å². The molecule has 0 radical (unpaired) electrons. The van der Waals surface area contributed by atoms with Crippen LogP contribution in [0.5, 0.6) is 5.75 Å². The minimum absolute atomic E-state index is 0.0243. The van der Waals surface area contributed by atoms with E-state index in [1.165, 1.54) is 65.6 Å². The lowest BCUT2D eigenvalue weighted by atomic mass is 10.1. The van der Waals surface area contributed by atoms with Crippen LogP contribution >= 0.6 is 0 Å². The van der Waals surface area contributed by atoms with E-state index in [-0.39, 0.29) is 41.4 Å². The summed E-state index contributed by atoms with van der Waals surface area (Å²) in [4.78, 5) is 63.7. The molecule has 10 nitrogen and oxygen atoms in total. The molecular formula is C25H16FN3O7. The molecule has 1 fully saturated rings. The summed E-state index contributed by atoms with van der Waals surface area (Å²) in [5.74, 6) is -3.81. The highest BCUT2D eigenvalue weighted by molar-refractivity contribution is 6.35. The quantitative estimate of drug-likeness (QED) is 0.176. The fraction of sp³-hybridized carbons (Fsp3) is 0.120. The van der Waals surface area contributed by atoms with Crippen LogP contribution in [0.4, 0.5) is 21.5 Å². The second kappa shape index (κ2) is 8.69. The first-order valence-corrected chi connectivity index (χ1v) is 10.8. The van der Waals surface area contributed by atoms with Crippen molar-refractivity contribution in [2.24, 2.45) is 5.92 Å². The first-order chi connectivity index (χ1) is 17.2. The van der Waals surface area contributed by atoms with Crippen molar-refractivity contribution in [1.29, 1.82) is 0 Å². The number of fused-ring (bicyclic) bond motifs is 1. The van der Waals surface area contributed by atoms with E-state index in [1.807, 2.05) is 0 Å². The smallest absolute Gasteiger partial charge is 0.316 e. The van der Waals surface area contributed by atoms with Gasteiger partial charge in [0.25, 0.3) is 17.5 Å². The van der Waals surface area contributed by atoms with Crippen LogP contribution in [0.2, 0.25) is 0 Å². The van der Waals surface area contributed by atoms with Crippen LogP contribution < -0.4 is 14.5 Å². The summed E-state index contributed by atoms with van der Waals surface area (Å²) in [5, 5.41) is 11.3. The SMILES string of the molecule is O=C(Oc1cccc(N2C(=O)c3cccc([N+](=O)[O-])c3C2=O)c1)[C@H]1CC(=O)N(c2ccc(F)cc2)C1. The highest BCUT2D eigenvalue weighted by Gasteiger charge is 2.42. The molecule has 1 atom stereocenters. The maximum atomic E-state index is 13.2. The molecule has 0 aliphatic carbocycles. The number of esters is 1. The van der Waals surface area contributed by atoms with E-state index in [4.69, 9.17) is 4.74 Å². The molecule has 3 amide bonds. The van der Waals surface area contributed by atoms with E-state index in [0.29, 0.717) is 5.69 Å². The molecule has 0 spiro atoms. The summed E-state index contributed by atoms with van der Waals surface area (Å²) in [7, 11) is 0. The Morgan fingerprint density at radius 3 is 2.42 bits per heavy atom. The van der Waals surface area contributed by atoms with E-state index >= 15 is 0 Å². The van der Waals surface area contributed by atoms with Crippen molar-refractivity contribution >= 4 is 40.8 Å². The number of nitrogens with zero attached hydrogens (tertiary/aromatic N) is 3. The Labute approximate surface area is 202 Å². The fourth-order valence-corrected chi connectivity index (χ4v) is 4.28. The summed E-state index contributed by atoms with van der Waals surface area (Å²) >= 11 is 0. The maximum absolute atomic E-state index is 13.2. The zero-order chi connectivity index (χ0) is 25.6. The average molecular weight is 489 g/mol. The number of imide groups is 1. The number of hydrogen-bond acceptors (Lipinski definition) is 7. The van der Waals surface area contributed by atoms with Gasteiger partial charge < -0.3 is 9.64 Å². The van der Waals surface area contributed by atoms with Crippen LogP contribution in [0.25, 0.3) is 0 Å². The van der Waals surface area contributed by atoms with Crippen molar-refractivity contribution in [3.05, 3.63) is 93.8 Å². The fourth-order valence-electron chi connectivity index (χ4n) is 4.28. The maximum Gasteiger partial charge on any atom is 0.316 e. The van der Waals surface area contributed by atoms with E-state index in [9.17, 15) is 33.7 Å². The second-order valence-corrected chi connectivity index (χ2v) is 8.20. The van der Waals surface area contributed by atoms with Crippen molar-refractivity contribution in [1.82, 2.24) is 0 Å². The zero-order valence-corrected chi connectivity index (χ0v) is 18.4. The van der Waals surface area contributed by atoms with E-state index < -0.39 is 40.1 Å². The van der Waals surface area contributed by atoms with Gasteiger partial charge >= 0.3 is 5.97 Å². The van der Waals surface area contributed by atoms with Crippen LogP contribution in [0, 0.1) is 21.8 Å². The minimum atomic E-state index is -0.859. The third-order valence-corrected chi connectivity index (χ3v) is 5.98. The summed E-state index contributed by atoms with van der Waals surface area (Å²) in [6.45, 7) is 0.0467. The van der Waals surface area contributed by atoms with Gasteiger partial charge in [-0.05, 0) is 42.5 Å². The Bertz CT molecular complexity index is 1450. The van der Waals surface area contributed by atoms with E-state index in [2.05, 4.69) is 0 Å². The summed E-state index contributed by atoms with van der Waals surface area (Å²) in [6.07, 6.45) is -0.0992. The van der Waals surface area contributed by atoms with Gasteiger partial charge in [0, 0.05) is 30.8 Å². The van der Waals surface area contributed by atoms with Crippen LogP contribution in [-0.4, -0.2) is 35.2 Å². The van der Waals surface area contributed by atoms with Crippen molar-refractivity contribution in [2.45, 2.75) is 6.42 Å². The molecular weight excluding hydrogens is 473 g/mol. The lowest BCUT2D eigenvalue weighted by Crippen LogP contribution is -2.29. The van der Waals surface area contributed by atoms with Gasteiger partial charge in [-0.25, -0.2) is 9.29 Å². The van der Waals surface area contributed by atoms with Crippen LogP contribution in [0.3, 0.4) is 0 Å². The topological polar surface area (TPSA) is 127 Å². The Morgan fingerprint density at radius 2 is 1.69 bits per heavy atom. The highest BCUT2D eigenvalue weighted by atomic mass is 19.1. The standard InChI is InChI=1S/C25H16FN3O7/c26-15-7-9-16(10-8-15)27-13-14(11-21(27)30)25(33)36-18-4-1-3-17(12-18)28-23(31)19-5-2-6-20(29(34)35)22(19)24(28)32/h1-10,12,14H,11,13H2/t14-/m0/s1. The van der Waals surface area contributed by atoms with Crippen molar-refractivity contribution in [2.75, 3.05) is 16.3 Å². The molecule has 2 heterocycles. The largest absolute Gasteiger partial charge is 0.426 e. The molecule has 36 heavy (non-hydrogen) atoms. The number of rotatable bonds is 5. The lowest BCUT2D eigenvalue weighted by Gasteiger charge is -2.17. The molecule has 0 bridgehead atoms. The van der Waals surface area contributed by atoms with Crippen LogP contribution in [-0.2, 0) is 9.59 Å². The number of ether oxygens (including phenoxy) is 1. The molecule has 0 saturated carbocycles. The first kappa shape index (κ1) is 22.8. The zero-order valence-electron chi connectivity index (χ0n) is 18.4. The van der Waals surface area contributed by atoms with Gasteiger partial charge in [0.15, 0.2) is 0 Å². The monoisotopic (exact) mass is 489 g/mol. The molecule has 1 saturated heterocycles. The molecule has 11 heteroatoms. The number of hydrogen-bond donors (Lipinski definition) is 0. The summed E-state index contributed by atoms with van der Waals surface area (Å²) in [6, 6.07) is 14.7. The summed E-state index contributed by atoms with van der Waals surface area (Å²) in [5.41, 5.74) is -0.357. The number of amides is 3. The number of carbonyl (C=O) groups excluding carboxylic acids is 4. The third kappa shape index (κ3) is 3.86. The predicted octanol–water partition coefficient (Wildman–Crippen LogP) is 3.49. The molecule has 3 aromatic carbocycles. The lowest BCUT2D eigenvalue weighted by molar-refractivity contribution is -0.385.